The van der Waals surface area contributed by atoms with Crippen LogP contribution in [0, 0.1) is 11.6 Å². The summed E-state index contributed by atoms with van der Waals surface area (Å²) < 4.78 is 32.6. The van der Waals surface area contributed by atoms with Gasteiger partial charge >= 0.3 is 6.09 Å². The molecular formula is C20H14F2N2O2. The highest BCUT2D eigenvalue weighted by molar-refractivity contribution is 5.71. The van der Waals surface area contributed by atoms with Crippen molar-refractivity contribution in [2.24, 2.45) is 0 Å². The van der Waals surface area contributed by atoms with Crippen LogP contribution in [0.1, 0.15) is 23.4 Å². The topological polar surface area (TPSA) is 51.2 Å². The highest BCUT2D eigenvalue weighted by Gasteiger charge is 2.37. The molecule has 2 aromatic carbocycles. The molecule has 2 atom stereocenters. The van der Waals surface area contributed by atoms with Gasteiger partial charge in [-0.2, -0.15) is 0 Å². The van der Waals surface area contributed by atoms with Gasteiger partial charge in [0.1, 0.15) is 17.7 Å². The number of pyridine rings is 1. The Morgan fingerprint density at radius 3 is 2.54 bits per heavy atom. The molecule has 26 heavy (non-hydrogen) atoms. The van der Waals surface area contributed by atoms with E-state index in [-0.39, 0.29) is 11.6 Å². The number of aromatic nitrogens is 1. The lowest BCUT2D eigenvalue weighted by Gasteiger charge is -2.17. The van der Waals surface area contributed by atoms with Crippen LogP contribution in [0.4, 0.5) is 13.6 Å². The average Bonchev–Trinajstić information content (AvgIpc) is 3.05. The number of carbonyl (C=O) groups is 1. The first-order valence-electron chi connectivity index (χ1n) is 8.05. The second-order valence-corrected chi connectivity index (χ2v) is 5.95. The third-order valence-electron chi connectivity index (χ3n) is 4.29. The van der Waals surface area contributed by atoms with Crippen LogP contribution in [0.2, 0.25) is 0 Å². The molecule has 0 saturated carbocycles. The standard InChI is InChI=1S/C20H14F2N2O2/c21-14-7-5-12(6-8-14)19-18(24-20(25)26-19)17-11-13(9-10-23-17)15-3-1-2-4-16(15)22/h1-11,18-19H,(H,24,25)/t18-,19-/m1/s1. The molecule has 0 spiro atoms. The smallest absolute Gasteiger partial charge is 0.408 e. The van der Waals surface area contributed by atoms with Gasteiger partial charge < -0.3 is 10.1 Å². The van der Waals surface area contributed by atoms with Crippen molar-refractivity contribution in [3.8, 4) is 11.1 Å². The SMILES string of the molecule is O=C1N[C@H](c2cc(-c3ccccc3F)ccn2)[C@@H](c2ccc(F)cc2)O1. The minimum atomic E-state index is -0.647. The fraction of sp³-hybridized carbons (Fsp3) is 0.100. The summed E-state index contributed by atoms with van der Waals surface area (Å²) in [6, 6.07) is 15.0. The van der Waals surface area contributed by atoms with Crippen molar-refractivity contribution in [2.45, 2.75) is 12.1 Å². The van der Waals surface area contributed by atoms with Gasteiger partial charge in [0.15, 0.2) is 6.10 Å². The van der Waals surface area contributed by atoms with E-state index in [1.54, 1.807) is 48.7 Å². The molecule has 0 aliphatic carbocycles. The fourth-order valence-electron chi connectivity index (χ4n) is 3.04. The van der Waals surface area contributed by atoms with Gasteiger partial charge in [-0.1, -0.05) is 30.3 Å². The van der Waals surface area contributed by atoms with Crippen molar-refractivity contribution >= 4 is 6.09 Å². The summed E-state index contributed by atoms with van der Waals surface area (Å²) in [5.74, 6) is -0.714. The third kappa shape index (κ3) is 3.01. The van der Waals surface area contributed by atoms with Gasteiger partial charge in [0.2, 0.25) is 0 Å². The quantitative estimate of drug-likeness (QED) is 0.752. The van der Waals surface area contributed by atoms with Crippen LogP contribution in [0.3, 0.4) is 0 Å². The van der Waals surface area contributed by atoms with Gasteiger partial charge in [0.05, 0.1) is 5.69 Å². The number of cyclic esters (lactones) is 1. The van der Waals surface area contributed by atoms with Crippen molar-refractivity contribution in [1.82, 2.24) is 10.3 Å². The minimum Gasteiger partial charge on any atom is -0.439 e. The number of nitrogens with zero attached hydrogens (tertiary/aromatic N) is 1. The molecule has 1 N–H and O–H groups in total. The van der Waals surface area contributed by atoms with E-state index in [0.717, 1.165) is 0 Å². The molecule has 4 rings (SSSR count). The largest absolute Gasteiger partial charge is 0.439 e. The summed E-state index contributed by atoms with van der Waals surface area (Å²) in [5, 5.41) is 2.72. The summed E-state index contributed by atoms with van der Waals surface area (Å²) in [7, 11) is 0. The maximum Gasteiger partial charge on any atom is 0.408 e. The molecule has 2 heterocycles. The summed E-state index contributed by atoms with van der Waals surface area (Å²) in [6.07, 6.45) is 0.331. The Bertz CT molecular complexity index is 960. The highest BCUT2D eigenvalue weighted by Crippen LogP contribution is 2.37. The minimum absolute atomic E-state index is 0.341. The van der Waals surface area contributed by atoms with Crippen molar-refractivity contribution in [3.63, 3.8) is 0 Å². The van der Waals surface area contributed by atoms with Crippen LogP contribution in [0.5, 0.6) is 0 Å². The Hall–Kier alpha value is -3.28. The van der Waals surface area contributed by atoms with Crippen LogP contribution in [0.15, 0.2) is 66.9 Å². The Labute approximate surface area is 148 Å². The lowest BCUT2D eigenvalue weighted by atomic mass is 9.97. The van der Waals surface area contributed by atoms with E-state index in [4.69, 9.17) is 4.74 Å². The Balaban J connectivity index is 1.72. The maximum atomic E-state index is 14.1. The van der Waals surface area contributed by atoms with E-state index in [0.29, 0.717) is 22.4 Å². The second-order valence-electron chi connectivity index (χ2n) is 5.95. The summed E-state index contributed by atoms with van der Waals surface area (Å²) in [5.41, 5.74) is 2.27. The first kappa shape index (κ1) is 16.2. The highest BCUT2D eigenvalue weighted by atomic mass is 19.1. The van der Waals surface area contributed by atoms with Gasteiger partial charge in [-0.15, -0.1) is 0 Å². The van der Waals surface area contributed by atoms with Gasteiger partial charge in [0.25, 0.3) is 0 Å². The number of alkyl carbamates (subject to hydrolysis) is 1. The Morgan fingerprint density at radius 1 is 1.00 bits per heavy atom. The van der Waals surface area contributed by atoms with E-state index >= 15 is 0 Å². The average molecular weight is 352 g/mol. The monoisotopic (exact) mass is 352 g/mol. The number of hydrogen-bond donors (Lipinski definition) is 1. The molecule has 130 valence electrons. The molecule has 1 aliphatic rings. The van der Waals surface area contributed by atoms with E-state index in [1.165, 1.54) is 18.2 Å². The number of halogens is 2. The number of rotatable bonds is 3. The van der Waals surface area contributed by atoms with Crippen molar-refractivity contribution in [3.05, 3.63) is 89.8 Å². The normalized spacial score (nSPS) is 19.1. The Kier molecular flexibility index (Phi) is 4.08. The molecule has 1 amide bonds. The van der Waals surface area contributed by atoms with Crippen LogP contribution in [-0.4, -0.2) is 11.1 Å². The number of carbonyl (C=O) groups excluding carboxylic acids is 1. The molecule has 1 saturated heterocycles. The summed E-state index contributed by atoms with van der Waals surface area (Å²) >= 11 is 0. The zero-order valence-corrected chi connectivity index (χ0v) is 13.5. The van der Waals surface area contributed by atoms with Crippen LogP contribution >= 0.6 is 0 Å². The number of nitrogens with one attached hydrogen (secondary N) is 1. The van der Waals surface area contributed by atoms with Crippen LogP contribution in [-0.2, 0) is 4.74 Å². The van der Waals surface area contributed by atoms with E-state index < -0.39 is 18.2 Å². The molecule has 0 unspecified atom stereocenters. The van der Waals surface area contributed by atoms with E-state index in [2.05, 4.69) is 10.3 Å². The zero-order chi connectivity index (χ0) is 18.1. The predicted molar refractivity (Wildman–Crippen MR) is 91.1 cm³/mol. The first-order chi connectivity index (χ1) is 12.6. The van der Waals surface area contributed by atoms with Crippen LogP contribution in [0.25, 0.3) is 11.1 Å². The van der Waals surface area contributed by atoms with Crippen molar-refractivity contribution in [2.75, 3.05) is 0 Å². The predicted octanol–water partition coefficient (Wildman–Crippen LogP) is 4.55. The third-order valence-corrected chi connectivity index (χ3v) is 4.29. The number of ether oxygens (including phenoxy) is 1. The molecular weight excluding hydrogens is 338 g/mol. The molecule has 0 bridgehead atoms. The maximum absolute atomic E-state index is 14.1. The second kappa shape index (κ2) is 6.55. The fourth-order valence-corrected chi connectivity index (χ4v) is 3.04. The van der Waals surface area contributed by atoms with Crippen LogP contribution < -0.4 is 5.32 Å². The number of amides is 1. The van der Waals surface area contributed by atoms with E-state index in [1.807, 2.05) is 0 Å². The van der Waals surface area contributed by atoms with Gasteiger partial charge in [0, 0.05) is 11.8 Å². The molecule has 4 nitrogen and oxygen atoms in total. The number of hydrogen-bond acceptors (Lipinski definition) is 3. The van der Waals surface area contributed by atoms with Crippen molar-refractivity contribution in [1.29, 1.82) is 0 Å². The zero-order valence-electron chi connectivity index (χ0n) is 13.5. The van der Waals surface area contributed by atoms with E-state index in [9.17, 15) is 13.6 Å². The lowest BCUT2D eigenvalue weighted by molar-refractivity contribution is 0.132. The molecule has 1 aromatic heterocycles. The van der Waals surface area contributed by atoms with Gasteiger partial charge in [-0.25, -0.2) is 13.6 Å². The lowest BCUT2D eigenvalue weighted by Crippen LogP contribution is -2.20. The first-order valence-corrected chi connectivity index (χ1v) is 8.05. The molecule has 0 radical (unpaired) electrons. The Morgan fingerprint density at radius 2 is 1.77 bits per heavy atom. The molecule has 6 heteroatoms. The van der Waals surface area contributed by atoms with Gasteiger partial charge in [-0.05, 0) is 41.5 Å². The number of benzene rings is 2. The molecule has 3 aromatic rings. The van der Waals surface area contributed by atoms with Gasteiger partial charge in [-0.3, -0.25) is 4.98 Å². The van der Waals surface area contributed by atoms with Crippen molar-refractivity contribution < 1.29 is 18.3 Å². The summed E-state index contributed by atoms with van der Waals surface area (Å²) in [6.45, 7) is 0. The summed E-state index contributed by atoms with van der Waals surface area (Å²) in [4.78, 5) is 16.1. The molecule has 1 fully saturated rings. The molecule has 1 aliphatic heterocycles.